The summed E-state index contributed by atoms with van der Waals surface area (Å²) in [7, 11) is 1.56. The zero-order chi connectivity index (χ0) is 20.8. The van der Waals surface area contributed by atoms with Gasteiger partial charge >= 0.3 is 0 Å². The van der Waals surface area contributed by atoms with Crippen molar-refractivity contribution in [3.63, 3.8) is 0 Å². The summed E-state index contributed by atoms with van der Waals surface area (Å²) in [6.45, 7) is 1.91. The van der Waals surface area contributed by atoms with Crippen LogP contribution in [-0.4, -0.2) is 27.8 Å². The molecule has 0 fully saturated rings. The highest BCUT2D eigenvalue weighted by Gasteiger charge is 2.25. The molecule has 1 atom stereocenters. The number of thioether (sulfide) groups is 1. The fourth-order valence-corrected chi connectivity index (χ4v) is 4.16. The number of ether oxygens (including phenoxy) is 1. The van der Waals surface area contributed by atoms with Crippen molar-refractivity contribution in [3.05, 3.63) is 59.1 Å². The lowest BCUT2D eigenvalue weighted by atomic mass is 10.2. The second kappa shape index (κ2) is 9.67. The molecule has 1 heterocycles. The van der Waals surface area contributed by atoms with Crippen molar-refractivity contribution in [2.75, 3.05) is 18.2 Å². The summed E-state index contributed by atoms with van der Waals surface area (Å²) in [6, 6.07) is 14.3. The number of rotatable bonds is 8. The number of methoxy groups -OCH3 is 1. The number of amides is 1. The van der Waals surface area contributed by atoms with E-state index in [1.165, 1.54) is 11.8 Å². The molecule has 1 unspecified atom stereocenters. The molecule has 3 N–H and O–H groups in total. The number of hydrogen-bond donors (Lipinski definition) is 2. The second-order valence-corrected chi connectivity index (χ2v) is 7.55. The summed E-state index contributed by atoms with van der Waals surface area (Å²) < 4.78 is 6.97. The number of carbonyl (C=O) groups is 1. The Balaban J connectivity index is 1.81. The monoisotopic (exact) mass is 431 g/mol. The summed E-state index contributed by atoms with van der Waals surface area (Å²) >= 11 is 7.67. The Kier molecular flexibility index (Phi) is 7.00. The maximum Gasteiger partial charge on any atom is 0.247 e. The molecule has 0 radical (unpaired) electrons. The summed E-state index contributed by atoms with van der Waals surface area (Å²) in [4.78, 5) is 13.0. The van der Waals surface area contributed by atoms with Crippen LogP contribution < -0.4 is 15.8 Å². The Labute approximate surface area is 178 Å². The number of nitrogens with one attached hydrogen (secondary N) is 1. The molecule has 1 aromatic heterocycles. The first-order valence-corrected chi connectivity index (χ1v) is 10.4. The van der Waals surface area contributed by atoms with Crippen molar-refractivity contribution in [2.45, 2.75) is 30.3 Å². The fourth-order valence-electron chi connectivity index (χ4n) is 2.89. The average molecular weight is 432 g/mol. The Morgan fingerprint density at radius 1 is 1.24 bits per heavy atom. The minimum Gasteiger partial charge on any atom is -0.495 e. The lowest BCUT2D eigenvalue weighted by Crippen LogP contribution is -2.27. The van der Waals surface area contributed by atoms with Crippen LogP contribution in [0.4, 0.5) is 11.6 Å². The maximum absolute atomic E-state index is 13.0. The largest absolute Gasteiger partial charge is 0.495 e. The molecule has 1 amide bonds. The molecule has 0 spiro atoms. The third-order valence-electron chi connectivity index (χ3n) is 4.37. The van der Waals surface area contributed by atoms with Crippen molar-refractivity contribution in [1.29, 1.82) is 0 Å². The zero-order valence-corrected chi connectivity index (χ0v) is 17.7. The number of anilines is 2. The first-order chi connectivity index (χ1) is 14.0. The van der Waals surface area contributed by atoms with Gasteiger partial charge in [0.05, 0.1) is 12.8 Å². The Bertz CT molecular complexity index is 995. The number of benzene rings is 2. The van der Waals surface area contributed by atoms with E-state index in [1.807, 2.05) is 43.3 Å². The molecule has 3 rings (SSSR count). The standard InChI is InChI=1S/C20H22ClN5O2S/c1-3-16(18(27)23-15-10-6-7-11-17(15)28-2)26-19(22)24-25-20(26)29-12-13-8-4-5-9-14(13)21/h4-11,16H,3,12H2,1-2H3,(H2,22,24)(H,23,27). The van der Waals surface area contributed by atoms with Crippen LogP contribution in [0, 0.1) is 0 Å². The van der Waals surface area contributed by atoms with Crippen molar-refractivity contribution >= 4 is 40.9 Å². The van der Waals surface area contributed by atoms with Crippen LogP contribution >= 0.6 is 23.4 Å². The summed E-state index contributed by atoms with van der Waals surface area (Å²) in [5, 5.41) is 12.3. The number of nitrogen functional groups attached to an aromatic ring is 1. The van der Waals surface area contributed by atoms with E-state index < -0.39 is 6.04 Å². The van der Waals surface area contributed by atoms with E-state index in [-0.39, 0.29) is 11.9 Å². The van der Waals surface area contributed by atoms with Gasteiger partial charge in [0.25, 0.3) is 0 Å². The van der Waals surface area contributed by atoms with Gasteiger partial charge in [0.15, 0.2) is 5.16 Å². The van der Waals surface area contributed by atoms with E-state index in [0.29, 0.717) is 33.8 Å². The van der Waals surface area contributed by atoms with Gasteiger partial charge in [-0.1, -0.05) is 60.6 Å². The zero-order valence-electron chi connectivity index (χ0n) is 16.1. The van der Waals surface area contributed by atoms with Gasteiger partial charge < -0.3 is 15.8 Å². The SMILES string of the molecule is CCC(C(=O)Nc1ccccc1OC)n1c(N)nnc1SCc1ccccc1Cl. The maximum atomic E-state index is 13.0. The number of halogens is 1. The molecule has 29 heavy (non-hydrogen) atoms. The van der Waals surface area contributed by atoms with Gasteiger partial charge in [-0.15, -0.1) is 10.2 Å². The van der Waals surface area contributed by atoms with Crippen LogP contribution in [-0.2, 0) is 10.5 Å². The van der Waals surface area contributed by atoms with Gasteiger partial charge in [-0.25, -0.2) is 0 Å². The molecule has 3 aromatic rings. The van der Waals surface area contributed by atoms with Gasteiger partial charge in [0.2, 0.25) is 11.9 Å². The van der Waals surface area contributed by atoms with Crippen LogP contribution in [0.5, 0.6) is 5.75 Å². The Morgan fingerprint density at radius 3 is 2.69 bits per heavy atom. The lowest BCUT2D eigenvalue weighted by molar-refractivity contribution is -0.119. The van der Waals surface area contributed by atoms with Gasteiger partial charge in [0, 0.05) is 10.8 Å². The number of hydrogen-bond acceptors (Lipinski definition) is 6. The Morgan fingerprint density at radius 2 is 1.97 bits per heavy atom. The minimum absolute atomic E-state index is 0.189. The van der Waals surface area contributed by atoms with E-state index >= 15 is 0 Å². The summed E-state index contributed by atoms with van der Waals surface area (Å²) in [5.74, 6) is 1.14. The Hall–Kier alpha value is -2.71. The van der Waals surface area contributed by atoms with E-state index in [0.717, 1.165) is 5.56 Å². The summed E-state index contributed by atoms with van der Waals surface area (Å²) in [6.07, 6.45) is 0.517. The highest BCUT2D eigenvalue weighted by molar-refractivity contribution is 7.98. The molecule has 0 saturated heterocycles. The third kappa shape index (κ3) is 4.83. The predicted octanol–water partition coefficient (Wildman–Crippen LogP) is 4.40. The topological polar surface area (TPSA) is 95.1 Å². The predicted molar refractivity (Wildman–Crippen MR) is 116 cm³/mol. The third-order valence-corrected chi connectivity index (χ3v) is 5.73. The highest BCUT2D eigenvalue weighted by atomic mass is 35.5. The van der Waals surface area contributed by atoms with Crippen LogP contribution in [0.3, 0.4) is 0 Å². The lowest BCUT2D eigenvalue weighted by Gasteiger charge is -2.20. The molecule has 152 valence electrons. The van der Waals surface area contributed by atoms with Crippen LogP contribution in [0.2, 0.25) is 5.02 Å². The number of para-hydroxylation sites is 2. The second-order valence-electron chi connectivity index (χ2n) is 6.20. The van der Waals surface area contributed by atoms with E-state index in [1.54, 1.807) is 23.8 Å². The van der Waals surface area contributed by atoms with Crippen LogP contribution in [0.25, 0.3) is 0 Å². The van der Waals surface area contributed by atoms with E-state index in [4.69, 9.17) is 22.1 Å². The van der Waals surface area contributed by atoms with Crippen molar-refractivity contribution in [2.24, 2.45) is 0 Å². The summed E-state index contributed by atoms with van der Waals surface area (Å²) in [5.41, 5.74) is 7.61. The highest BCUT2D eigenvalue weighted by Crippen LogP contribution is 2.31. The molecule has 2 aromatic carbocycles. The molecule has 0 aliphatic heterocycles. The number of nitrogens with zero attached hydrogens (tertiary/aromatic N) is 3. The molecule has 0 bridgehead atoms. The molecule has 0 aliphatic carbocycles. The van der Waals surface area contributed by atoms with Crippen LogP contribution in [0.1, 0.15) is 24.9 Å². The average Bonchev–Trinajstić information content (AvgIpc) is 3.09. The fraction of sp³-hybridized carbons (Fsp3) is 0.250. The molecule has 7 nitrogen and oxygen atoms in total. The molecule has 9 heteroatoms. The number of nitrogens with two attached hydrogens (primary N) is 1. The first kappa shape index (κ1) is 21.0. The molecule has 0 saturated carbocycles. The quantitative estimate of drug-likeness (QED) is 0.513. The van der Waals surface area contributed by atoms with Gasteiger partial charge in [-0.2, -0.15) is 0 Å². The first-order valence-electron chi connectivity index (χ1n) is 9.05. The number of carbonyl (C=O) groups excluding carboxylic acids is 1. The van der Waals surface area contributed by atoms with Gasteiger partial charge in [-0.3, -0.25) is 9.36 Å². The minimum atomic E-state index is -0.566. The molecular formula is C20H22ClN5O2S. The van der Waals surface area contributed by atoms with Crippen molar-refractivity contribution < 1.29 is 9.53 Å². The smallest absolute Gasteiger partial charge is 0.247 e. The van der Waals surface area contributed by atoms with E-state index in [9.17, 15) is 4.79 Å². The normalized spacial score (nSPS) is 11.8. The van der Waals surface area contributed by atoms with Crippen molar-refractivity contribution in [3.8, 4) is 5.75 Å². The number of aromatic nitrogens is 3. The van der Waals surface area contributed by atoms with E-state index in [2.05, 4.69) is 15.5 Å². The van der Waals surface area contributed by atoms with Crippen LogP contribution in [0.15, 0.2) is 53.7 Å². The van der Waals surface area contributed by atoms with Gasteiger partial charge in [-0.05, 0) is 30.2 Å². The molecule has 0 aliphatic rings. The van der Waals surface area contributed by atoms with Gasteiger partial charge in [0.1, 0.15) is 11.8 Å². The molecular weight excluding hydrogens is 410 g/mol. The van der Waals surface area contributed by atoms with Crippen molar-refractivity contribution in [1.82, 2.24) is 14.8 Å².